The molecule has 0 aromatic heterocycles. The lowest BCUT2D eigenvalue weighted by Gasteiger charge is -2.31. The number of carbonyl (C=O) groups excluding carboxylic acids is 3. The van der Waals surface area contributed by atoms with Gasteiger partial charge in [-0.05, 0) is 42.7 Å². The van der Waals surface area contributed by atoms with E-state index in [-0.39, 0.29) is 23.7 Å². The first kappa shape index (κ1) is 25.6. The summed E-state index contributed by atoms with van der Waals surface area (Å²) in [5.41, 5.74) is 0.676. The van der Waals surface area contributed by atoms with E-state index in [0.29, 0.717) is 41.5 Å². The second-order valence-corrected chi connectivity index (χ2v) is 9.28. The van der Waals surface area contributed by atoms with Gasteiger partial charge in [-0.1, -0.05) is 43.1 Å². The zero-order valence-corrected chi connectivity index (χ0v) is 20.4. The van der Waals surface area contributed by atoms with Crippen molar-refractivity contribution in [1.82, 2.24) is 10.2 Å². The van der Waals surface area contributed by atoms with Gasteiger partial charge in [0.15, 0.2) is 0 Å². The van der Waals surface area contributed by atoms with Gasteiger partial charge in [-0.25, -0.2) is 4.79 Å². The fourth-order valence-electron chi connectivity index (χ4n) is 3.36. The number of carbonyl (C=O) groups is 3. The third-order valence-electron chi connectivity index (χ3n) is 5.30. The lowest BCUT2D eigenvalue weighted by molar-refractivity contribution is -0.147. The monoisotopic (exact) mass is 486 g/mol. The van der Waals surface area contributed by atoms with Gasteiger partial charge in [0, 0.05) is 30.0 Å². The Kier molecular flexibility index (Phi) is 9.72. The van der Waals surface area contributed by atoms with Crippen LogP contribution in [0.5, 0.6) is 0 Å². The van der Waals surface area contributed by atoms with Crippen molar-refractivity contribution in [2.45, 2.75) is 37.6 Å². The van der Waals surface area contributed by atoms with Gasteiger partial charge in [-0.2, -0.15) is 0 Å². The van der Waals surface area contributed by atoms with Crippen molar-refractivity contribution in [3.8, 4) is 0 Å². The summed E-state index contributed by atoms with van der Waals surface area (Å²) in [6.07, 6.45) is 6.11. The van der Waals surface area contributed by atoms with Crippen molar-refractivity contribution in [3.63, 3.8) is 0 Å². The number of halogens is 2. The van der Waals surface area contributed by atoms with E-state index < -0.39 is 12.0 Å². The smallest absolute Gasteiger partial charge is 0.328 e. The highest BCUT2D eigenvalue weighted by atomic mass is 35.5. The van der Waals surface area contributed by atoms with E-state index in [4.69, 9.17) is 27.9 Å². The molecule has 0 radical (unpaired) electrons. The van der Waals surface area contributed by atoms with Crippen molar-refractivity contribution < 1.29 is 19.1 Å². The van der Waals surface area contributed by atoms with E-state index in [1.54, 1.807) is 11.0 Å². The highest BCUT2D eigenvalue weighted by molar-refractivity contribution is 7.98. The molecule has 1 heterocycles. The first-order valence-corrected chi connectivity index (χ1v) is 12.0. The van der Waals surface area contributed by atoms with Crippen LogP contribution < -0.4 is 5.32 Å². The number of amides is 2. The molecule has 170 valence electrons. The van der Waals surface area contributed by atoms with Crippen LogP contribution in [-0.2, 0) is 19.1 Å². The molecule has 1 atom stereocenters. The zero-order chi connectivity index (χ0) is 23.1. The number of nitrogens with one attached hydrogen (secondary N) is 1. The van der Waals surface area contributed by atoms with E-state index in [9.17, 15) is 14.4 Å². The number of esters is 1. The fraction of sp³-hybridized carbons (Fsp3) is 0.500. The van der Waals surface area contributed by atoms with E-state index in [2.05, 4.69) is 5.32 Å². The van der Waals surface area contributed by atoms with Gasteiger partial charge in [-0.3, -0.25) is 9.59 Å². The Balaban J connectivity index is 1.93. The molecule has 1 saturated heterocycles. The lowest BCUT2D eigenvalue weighted by Crippen LogP contribution is -2.49. The molecule has 6 nitrogen and oxygen atoms in total. The number of nitrogens with zero attached hydrogens (tertiary/aromatic N) is 1. The fourth-order valence-corrected chi connectivity index (χ4v) is 4.53. The van der Waals surface area contributed by atoms with E-state index in [1.807, 2.05) is 32.2 Å². The largest absolute Gasteiger partial charge is 0.467 e. The van der Waals surface area contributed by atoms with E-state index in [0.717, 1.165) is 4.90 Å². The Morgan fingerprint density at radius 3 is 2.39 bits per heavy atom. The molecule has 2 amide bonds. The van der Waals surface area contributed by atoms with Crippen LogP contribution in [0.4, 0.5) is 0 Å². The predicted octanol–water partition coefficient (Wildman–Crippen LogP) is 4.28. The molecule has 9 heteroatoms. The highest BCUT2D eigenvalue weighted by Crippen LogP contribution is 2.35. The molecular formula is C22H28Cl2N2O4S. The normalized spacial score (nSPS) is 15.9. The molecule has 1 N–H and O–H groups in total. The van der Waals surface area contributed by atoms with Crippen LogP contribution in [0.2, 0.25) is 10.0 Å². The molecule has 1 aliphatic rings. The summed E-state index contributed by atoms with van der Waals surface area (Å²) in [6, 6.07) is 3.02. The molecule has 1 aromatic rings. The minimum absolute atomic E-state index is 0.0754. The average molecular weight is 487 g/mol. The van der Waals surface area contributed by atoms with Gasteiger partial charge < -0.3 is 15.0 Å². The van der Waals surface area contributed by atoms with Crippen LogP contribution in [0, 0.1) is 11.8 Å². The molecule has 1 aromatic carbocycles. The SMILES string of the molecule is COC(=O)[C@@H](NC(=O)C1CCN(C(=O)/C=C/c2ccc(SC)c(Cl)c2Cl)CC1)C(C)C. The number of thioether (sulfide) groups is 1. The summed E-state index contributed by atoms with van der Waals surface area (Å²) >= 11 is 14.0. The van der Waals surface area contributed by atoms with Crippen molar-refractivity contribution in [3.05, 3.63) is 33.8 Å². The number of rotatable bonds is 7. The molecule has 0 unspecified atom stereocenters. The first-order valence-electron chi connectivity index (χ1n) is 10.1. The van der Waals surface area contributed by atoms with Gasteiger partial charge in [0.05, 0.1) is 17.2 Å². The topological polar surface area (TPSA) is 75.7 Å². The molecule has 0 spiro atoms. The number of piperidine rings is 1. The molecule has 2 rings (SSSR count). The summed E-state index contributed by atoms with van der Waals surface area (Å²) < 4.78 is 4.77. The maximum Gasteiger partial charge on any atom is 0.328 e. The molecular weight excluding hydrogens is 459 g/mol. The summed E-state index contributed by atoms with van der Waals surface area (Å²) in [7, 11) is 1.31. The van der Waals surface area contributed by atoms with Crippen LogP contribution in [0.25, 0.3) is 6.08 Å². The van der Waals surface area contributed by atoms with Gasteiger partial charge in [0.1, 0.15) is 6.04 Å². The average Bonchev–Trinajstić information content (AvgIpc) is 2.77. The van der Waals surface area contributed by atoms with Crippen molar-refractivity contribution in [2.75, 3.05) is 26.5 Å². The number of benzene rings is 1. The summed E-state index contributed by atoms with van der Waals surface area (Å²) in [4.78, 5) is 39.6. The van der Waals surface area contributed by atoms with Gasteiger partial charge in [-0.15, -0.1) is 11.8 Å². The minimum atomic E-state index is -0.672. The number of ether oxygens (including phenoxy) is 1. The second kappa shape index (κ2) is 11.8. The van der Waals surface area contributed by atoms with Crippen molar-refractivity contribution in [2.24, 2.45) is 11.8 Å². The standard InChI is InChI=1S/C22H28Cl2N2O4S/c1-13(2)20(22(29)30-3)25-21(28)15-9-11-26(12-10-15)17(27)8-6-14-5-7-16(31-4)19(24)18(14)23/h5-8,13,15,20H,9-12H2,1-4H3,(H,25,28)/b8-6+/t20-/m0/s1. The first-order chi connectivity index (χ1) is 14.7. The van der Waals surface area contributed by atoms with Crippen LogP contribution in [0.15, 0.2) is 23.1 Å². The summed E-state index contributed by atoms with van der Waals surface area (Å²) in [5, 5.41) is 3.68. The van der Waals surface area contributed by atoms with Crippen LogP contribution >= 0.6 is 35.0 Å². The number of likely N-dealkylation sites (tertiary alicyclic amines) is 1. The third kappa shape index (κ3) is 6.64. The molecule has 1 fully saturated rings. The van der Waals surface area contributed by atoms with Crippen molar-refractivity contribution in [1.29, 1.82) is 0 Å². The Morgan fingerprint density at radius 2 is 1.84 bits per heavy atom. The maximum absolute atomic E-state index is 12.6. The second-order valence-electron chi connectivity index (χ2n) is 7.67. The Bertz CT molecular complexity index is 852. The predicted molar refractivity (Wildman–Crippen MR) is 125 cm³/mol. The molecule has 0 bridgehead atoms. The molecule has 0 aliphatic carbocycles. The Labute approximate surface area is 197 Å². The number of hydrogen-bond donors (Lipinski definition) is 1. The highest BCUT2D eigenvalue weighted by Gasteiger charge is 2.31. The van der Waals surface area contributed by atoms with Gasteiger partial charge >= 0.3 is 5.97 Å². The Hall–Kier alpha value is -1.70. The minimum Gasteiger partial charge on any atom is -0.467 e. The molecule has 0 saturated carbocycles. The van der Waals surface area contributed by atoms with Gasteiger partial charge in [0.25, 0.3) is 0 Å². The summed E-state index contributed by atoms with van der Waals surface area (Å²) in [5.74, 6) is -1.10. The number of hydrogen-bond acceptors (Lipinski definition) is 5. The van der Waals surface area contributed by atoms with Crippen LogP contribution in [0.1, 0.15) is 32.3 Å². The van der Waals surface area contributed by atoms with Gasteiger partial charge in [0.2, 0.25) is 11.8 Å². The Morgan fingerprint density at radius 1 is 1.19 bits per heavy atom. The molecule has 1 aliphatic heterocycles. The number of methoxy groups -OCH3 is 1. The van der Waals surface area contributed by atoms with Crippen LogP contribution in [0.3, 0.4) is 0 Å². The molecule has 31 heavy (non-hydrogen) atoms. The quantitative estimate of drug-likeness (QED) is 0.353. The summed E-state index contributed by atoms with van der Waals surface area (Å²) in [6.45, 7) is 4.63. The lowest BCUT2D eigenvalue weighted by atomic mass is 9.94. The van der Waals surface area contributed by atoms with Crippen LogP contribution in [-0.4, -0.2) is 55.2 Å². The zero-order valence-electron chi connectivity index (χ0n) is 18.1. The third-order valence-corrected chi connectivity index (χ3v) is 7.09. The van der Waals surface area contributed by atoms with E-state index >= 15 is 0 Å². The maximum atomic E-state index is 12.6. The van der Waals surface area contributed by atoms with Crippen molar-refractivity contribution >= 4 is 58.8 Å². The van der Waals surface area contributed by atoms with E-state index in [1.165, 1.54) is 24.9 Å².